The maximum atomic E-state index is 12.8. The molecule has 30 heavy (non-hydrogen) atoms. The molecule has 0 aliphatic rings. The molecule has 12 heteroatoms. The van der Waals surface area contributed by atoms with E-state index in [1.807, 2.05) is 19.9 Å². The SMILES string of the molecule is Cc1cc(C)n(-c2ccc(NCCNS(=O)(=O)c3cccc(C(F)(F)F)c3)nn2)n1. The molecular formula is C18H19F3N6O2S. The predicted molar refractivity (Wildman–Crippen MR) is 104 cm³/mol. The molecule has 0 bridgehead atoms. The van der Waals surface area contributed by atoms with E-state index >= 15 is 0 Å². The van der Waals surface area contributed by atoms with Crippen LogP contribution in [0.1, 0.15) is 17.0 Å². The van der Waals surface area contributed by atoms with E-state index < -0.39 is 26.7 Å². The van der Waals surface area contributed by atoms with Gasteiger partial charge in [-0.3, -0.25) is 0 Å². The number of anilines is 1. The Bertz CT molecular complexity index is 1130. The summed E-state index contributed by atoms with van der Waals surface area (Å²) in [6.07, 6.45) is -4.62. The van der Waals surface area contributed by atoms with E-state index in [0.29, 0.717) is 17.7 Å². The number of hydrogen-bond donors (Lipinski definition) is 2. The normalized spacial score (nSPS) is 12.2. The maximum Gasteiger partial charge on any atom is 0.416 e. The molecule has 0 spiro atoms. The second kappa shape index (κ2) is 8.40. The van der Waals surface area contributed by atoms with Gasteiger partial charge in [-0.15, -0.1) is 10.2 Å². The molecule has 0 aliphatic heterocycles. The third-order valence-electron chi connectivity index (χ3n) is 4.07. The average Bonchev–Trinajstić information content (AvgIpc) is 3.03. The van der Waals surface area contributed by atoms with Crippen LogP contribution in [0.4, 0.5) is 19.0 Å². The second-order valence-electron chi connectivity index (χ2n) is 6.47. The number of alkyl halides is 3. The second-order valence-corrected chi connectivity index (χ2v) is 8.23. The summed E-state index contributed by atoms with van der Waals surface area (Å²) in [5, 5.41) is 15.3. The smallest absolute Gasteiger partial charge is 0.367 e. The van der Waals surface area contributed by atoms with E-state index in [2.05, 4.69) is 25.3 Å². The Labute approximate surface area is 171 Å². The van der Waals surface area contributed by atoms with E-state index in [1.165, 1.54) is 0 Å². The molecule has 0 aliphatic carbocycles. The van der Waals surface area contributed by atoms with Crippen molar-refractivity contribution in [2.24, 2.45) is 0 Å². The molecule has 3 aromatic rings. The van der Waals surface area contributed by atoms with Crippen LogP contribution in [0.5, 0.6) is 0 Å². The Kier molecular flexibility index (Phi) is 6.08. The number of rotatable bonds is 7. The topological polar surface area (TPSA) is 102 Å². The molecule has 0 fully saturated rings. The lowest BCUT2D eigenvalue weighted by molar-refractivity contribution is -0.137. The lowest BCUT2D eigenvalue weighted by Crippen LogP contribution is -2.29. The first-order valence-corrected chi connectivity index (χ1v) is 10.3. The van der Waals surface area contributed by atoms with Crippen LogP contribution in [0.2, 0.25) is 0 Å². The fourth-order valence-electron chi connectivity index (χ4n) is 2.69. The number of benzene rings is 1. The van der Waals surface area contributed by atoms with Gasteiger partial charge in [0, 0.05) is 18.8 Å². The van der Waals surface area contributed by atoms with Gasteiger partial charge in [0.1, 0.15) is 5.82 Å². The zero-order chi connectivity index (χ0) is 21.9. The van der Waals surface area contributed by atoms with Crippen LogP contribution in [-0.2, 0) is 16.2 Å². The summed E-state index contributed by atoms with van der Waals surface area (Å²) in [4.78, 5) is -0.452. The number of sulfonamides is 1. The Morgan fingerprint density at radius 2 is 1.80 bits per heavy atom. The van der Waals surface area contributed by atoms with Gasteiger partial charge in [-0.25, -0.2) is 17.8 Å². The van der Waals surface area contributed by atoms with E-state index in [9.17, 15) is 21.6 Å². The summed E-state index contributed by atoms with van der Waals surface area (Å²) in [5.41, 5.74) is 0.734. The number of aromatic nitrogens is 4. The van der Waals surface area contributed by atoms with Crippen molar-refractivity contribution in [1.29, 1.82) is 0 Å². The summed E-state index contributed by atoms with van der Waals surface area (Å²) >= 11 is 0. The van der Waals surface area contributed by atoms with Crippen molar-refractivity contribution < 1.29 is 21.6 Å². The van der Waals surface area contributed by atoms with Gasteiger partial charge in [0.15, 0.2) is 5.82 Å². The van der Waals surface area contributed by atoms with Crippen molar-refractivity contribution in [1.82, 2.24) is 24.7 Å². The summed E-state index contributed by atoms with van der Waals surface area (Å²) in [6.45, 7) is 3.86. The molecule has 2 heterocycles. The summed E-state index contributed by atoms with van der Waals surface area (Å²) in [5.74, 6) is 0.954. The molecule has 0 amide bonds. The van der Waals surface area contributed by atoms with Gasteiger partial charge in [-0.2, -0.15) is 18.3 Å². The van der Waals surface area contributed by atoms with Crippen LogP contribution in [0.15, 0.2) is 47.4 Å². The molecule has 8 nitrogen and oxygen atoms in total. The number of nitrogens with one attached hydrogen (secondary N) is 2. The summed E-state index contributed by atoms with van der Waals surface area (Å²) in [7, 11) is -4.08. The molecule has 0 unspecified atom stereocenters. The highest BCUT2D eigenvalue weighted by Crippen LogP contribution is 2.30. The fraction of sp³-hybridized carbons (Fsp3) is 0.278. The molecule has 2 aromatic heterocycles. The van der Waals surface area contributed by atoms with Gasteiger partial charge < -0.3 is 5.32 Å². The van der Waals surface area contributed by atoms with Gasteiger partial charge in [-0.1, -0.05) is 6.07 Å². The van der Waals surface area contributed by atoms with Crippen molar-refractivity contribution in [3.05, 3.63) is 59.4 Å². The van der Waals surface area contributed by atoms with Crippen molar-refractivity contribution in [2.75, 3.05) is 18.4 Å². The van der Waals surface area contributed by atoms with Crippen molar-refractivity contribution in [3.8, 4) is 5.82 Å². The van der Waals surface area contributed by atoms with Gasteiger partial charge >= 0.3 is 6.18 Å². The highest BCUT2D eigenvalue weighted by atomic mass is 32.2. The number of aryl methyl sites for hydroxylation is 2. The molecular weight excluding hydrogens is 421 g/mol. The van der Waals surface area contributed by atoms with Crippen LogP contribution < -0.4 is 10.0 Å². The number of hydrogen-bond acceptors (Lipinski definition) is 6. The Morgan fingerprint density at radius 1 is 1.03 bits per heavy atom. The highest BCUT2D eigenvalue weighted by Gasteiger charge is 2.31. The van der Waals surface area contributed by atoms with Crippen molar-refractivity contribution in [2.45, 2.75) is 24.9 Å². The number of halogens is 3. The van der Waals surface area contributed by atoms with Crippen LogP contribution in [0.3, 0.4) is 0 Å². The zero-order valence-electron chi connectivity index (χ0n) is 16.1. The molecule has 2 N–H and O–H groups in total. The van der Waals surface area contributed by atoms with E-state index in [0.717, 1.165) is 29.6 Å². The molecule has 0 radical (unpaired) electrons. The Balaban J connectivity index is 1.56. The van der Waals surface area contributed by atoms with E-state index in [1.54, 1.807) is 16.8 Å². The maximum absolute atomic E-state index is 12.8. The predicted octanol–water partition coefficient (Wildman–Crippen LogP) is 2.69. The minimum absolute atomic E-state index is 0.0561. The Morgan fingerprint density at radius 3 is 2.40 bits per heavy atom. The van der Waals surface area contributed by atoms with Crippen LogP contribution in [0.25, 0.3) is 5.82 Å². The lowest BCUT2D eigenvalue weighted by Gasteiger charge is -2.11. The lowest BCUT2D eigenvalue weighted by atomic mass is 10.2. The molecule has 3 rings (SSSR count). The highest BCUT2D eigenvalue weighted by molar-refractivity contribution is 7.89. The molecule has 0 saturated carbocycles. The molecule has 0 atom stereocenters. The first-order chi connectivity index (χ1) is 14.1. The van der Waals surface area contributed by atoms with Crippen molar-refractivity contribution in [3.63, 3.8) is 0 Å². The van der Waals surface area contributed by atoms with Crippen LogP contribution in [-0.4, -0.2) is 41.5 Å². The van der Waals surface area contributed by atoms with Gasteiger partial charge in [0.05, 0.1) is 16.2 Å². The zero-order valence-corrected chi connectivity index (χ0v) is 16.9. The number of nitrogens with zero attached hydrogens (tertiary/aromatic N) is 4. The van der Waals surface area contributed by atoms with Crippen LogP contribution in [0, 0.1) is 13.8 Å². The summed E-state index contributed by atoms with van der Waals surface area (Å²) in [6, 6.07) is 8.85. The third kappa shape index (κ3) is 5.13. The molecule has 160 valence electrons. The molecule has 0 saturated heterocycles. The minimum atomic E-state index is -4.62. The van der Waals surface area contributed by atoms with Gasteiger partial charge in [0.2, 0.25) is 10.0 Å². The first kappa shape index (κ1) is 21.7. The quantitative estimate of drug-likeness (QED) is 0.548. The Hall–Kier alpha value is -2.99. The minimum Gasteiger partial charge on any atom is -0.367 e. The third-order valence-corrected chi connectivity index (χ3v) is 5.53. The standard InChI is InChI=1S/C18H19F3N6O2S/c1-12-10-13(2)27(26-12)17-7-6-16(24-25-17)22-8-9-23-30(28,29)15-5-3-4-14(11-15)18(19,20)21/h3-7,10-11,23H,8-9H2,1-2H3,(H,22,24). The average molecular weight is 440 g/mol. The fourth-order valence-corrected chi connectivity index (χ4v) is 3.77. The van der Waals surface area contributed by atoms with E-state index in [4.69, 9.17) is 0 Å². The first-order valence-electron chi connectivity index (χ1n) is 8.84. The monoisotopic (exact) mass is 440 g/mol. The molecule has 1 aromatic carbocycles. The largest absolute Gasteiger partial charge is 0.416 e. The summed E-state index contributed by atoms with van der Waals surface area (Å²) < 4.78 is 66.6. The van der Waals surface area contributed by atoms with E-state index in [-0.39, 0.29) is 13.1 Å². The van der Waals surface area contributed by atoms with Crippen molar-refractivity contribution >= 4 is 15.8 Å². The van der Waals surface area contributed by atoms with Gasteiger partial charge in [-0.05, 0) is 50.2 Å². The van der Waals surface area contributed by atoms with Gasteiger partial charge in [0.25, 0.3) is 0 Å². The van der Waals surface area contributed by atoms with Crippen LogP contribution >= 0.6 is 0 Å².